The SMILES string of the molecule is CC(C)CCCCCCCCCCCCCCCCCCC(=O)OC[C@H](CO)OC(=O)CCCCCCCCCCCCCCCCCCC(C)C. The van der Waals surface area contributed by atoms with E-state index in [1.807, 2.05) is 0 Å². The van der Waals surface area contributed by atoms with E-state index < -0.39 is 6.10 Å². The summed E-state index contributed by atoms with van der Waals surface area (Å²) in [6.07, 6.45) is 44.6. The lowest BCUT2D eigenvalue weighted by Crippen LogP contribution is -2.28. The molecule has 0 aromatic carbocycles. The van der Waals surface area contributed by atoms with Crippen LogP contribution in [-0.2, 0) is 19.1 Å². The quantitative estimate of drug-likeness (QED) is 0.0499. The minimum absolute atomic E-state index is 0.0575. The van der Waals surface area contributed by atoms with Crippen molar-refractivity contribution in [2.24, 2.45) is 11.8 Å². The smallest absolute Gasteiger partial charge is 0.306 e. The molecular formula is C47H92O5. The molecule has 0 unspecified atom stereocenters. The van der Waals surface area contributed by atoms with Crippen LogP contribution in [0.1, 0.15) is 259 Å². The second-order valence-electron chi connectivity index (χ2n) is 17.2. The number of aliphatic hydroxyl groups is 1. The molecule has 0 radical (unpaired) electrons. The van der Waals surface area contributed by atoms with E-state index in [1.165, 1.54) is 186 Å². The van der Waals surface area contributed by atoms with E-state index in [0.29, 0.717) is 12.8 Å². The first kappa shape index (κ1) is 50.9. The predicted molar refractivity (Wildman–Crippen MR) is 224 cm³/mol. The predicted octanol–water partition coefficient (Wildman–Crippen LogP) is 14.8. The van der Waals surface area contributed by atoms with Crippen LogP contribution in [-0.4, -0.2) is 36.4 Å². The molecule has 5 nitrogen and oxygen atoms in total. The summed E-state index contributed by atoms with van der Waals surface area (Å²) < 4.78 is 10.7. The van der Waals surface area contributed by atoms with E-state index in [1.54, 1.807) is 0 Å². The second kappa shape index (κ2) is 41.1. The van der Waals surface area contributed by atoms with Crippen molar-refractivity contribution in [3.05, 3.63) is 0 Å². The Morgan fingerprint density at radius 2 is 0.635 bits per heavy atom. The zero-order valence-electron chi connectivity index (χ0n) is 35.7. The van der Waals surface area contributed by atoms with Gasteiger partial charge in [0.25, 0.3) is 0 Å². The van der Waals surface area contributed by atoms with Crippen molar-refractivity contribution in [3.63, 3.8) is 0 Å². The summed E-state index contributed by atoms with van der Waals surface area (Å²) in [7, 11) is 0. The van der Waals surface area contributed by atoms with Crippen LogP contribution in [0, 0.1) is 11.8 Å². The number of hydrogen-bond acceptors (Lipinski definition) is 5. The highest BCUT2D eigenvalue weighted by Gasteiger charge is 2.16. The molecular weight excluding hydrogens is 645 g/mol. The number of unbranched alkanes of at least 4 members (excludes halogenated alkanes) is 30. The van der Waals surface area contributed by atoms with Crippen molar-refractivity contribution in [2.45, 2.75) is 265 Å². The molecule has 0 fully saturated rings. The van der Waals surface area contributed by atoms with Crippen molar-refractivity contribution in [1.82, 2.24) is 0 Å². The van der Waals surface area contributed by atoms with Gasteiger partial charge in [0.05, 0.1) is 6.61 Å². The number of carbonyl (C=O) groups excluding carboxylic acids is 2. The number of hydrogen-bond donors (Lipinski definition) is 1. The highest BCUT2D eigenvalue weighted by Crippen LogP contribution is 2.17. The van der Waals surface area contributed by atoms with Crippen LogP contribution >= 0.6 is 0 Å². The van der Waals surface area contributed by atoms with E-state index in [9.17, 15) is 14.7 Å². The molecule has 0 aromatic heterocycles. The first-order chi connectivity index (χ1) is 25.3. The molecule has 0 aliphatic carbocycles. The van der Waals surface area contributed by atoms with Gasteiger partial charge in [-0.3, -0.25) is 9.59 Å². The Bertz CT molecular complexity index is 735. The van der Waals surface area contributed by atoms with Gasteiger partial charge in [0.1, 0.15) is 6.61 Å². The van der Waals surface area contributed by atoms with Gasteiger partial charge in [-0.05, 0) is 24.7 Å². The van der Waals surface area contributed by atoms with Crippen LogP contribution in [0.15, 0.2) is 0 Å². The zero-order valence-corrected chi connectivity index (χ0v) is 35.7. The van der Waals surface area contributed by atoms with Crippen LogP contribution in [0.4, 0.5) is 0 Å². The molecule has 0 saturated carbocycles. The second-order valence-corrected chi connectivity index (χ2v) is 17.2. The number of ether oxygens (including phenoxy) is 2. The maximum atomic E-state index is 12.2. The summed E-state index contributed by atoms with van der Waals surface area (Å²) in [6.45, 7) is 8.91. The normalized spacial score (nSPS) is 12.2. The fourth-order valence-corrected chi connectivity index (χ4v) is 7.22. The Kier molecular flexibility index (Phi) is 40.2. The van der Waals surface area contributed by atoms with Crippen LogP contribution in [0.5, 0.6) is 0 Å². The molecule has 0 bridgehead atoms. The zero-order chi connectivity index (χ0) is 38.2. The molecule has 1 N–H and O–H groups in total. The number of esters is 2. The van der Waals surface area contributed by atoms with Crippen molar-refractivity contribution in [2.75, 3.05) is 13.2 Å². The number of rotatable bonds is 42. The van der Waals surface area contributed by atoms with Gasteiger partial charge in [-0.25, -0.2) is 0 Å². The van der Waals surface area contributed by atoms with E-state index >= 15 is 0 Å². The van der Waals surface area contributed by atoms with Gasteiger partial charge in [0, 0.05) is 12.8 Å². The van der Waals surface area contributed by atoms with Gasteiger partial charge >= 0.3 is 11.9 Å². The van der Waals surface area contributed by atoms with Crippen LogP contribution in [0.3, 0.4) is 0 Å². The van der Waals surface area contributed by atoms with Crippen LogP contribution < -0.4 is 0 Å². The van der Waals surface area contributed by atoms with Gasteiger partial charge < -0.3 is 14.6 Å². The Morgan fingerprint density at radius 1 is 0.385 bits per heavy atom. The molecule has 0 spiro atoms. The fourth-order valence-electron chi connectivity index (χ4n) is 7.22. The Hall–Kier alpha value is -1.10. The maximum absolute atomic E-state index is 12.2. The minimum atomic E-state index is -0.763. The molecule has 0 aliphatic heterocycles. The average Bonchev–Trinajstić information content (AvgIpc) is 3.12. The summed E-state index contributed by atoms with van der Waals surface area (Å²) in [4.78, 5) is 24.4. The van der Waals surface area contributed by atoms with Gasteiger partial charge in [-0.15, -0.1) is 0 Å². The summed E-state index contributed by atoms with van der Waals surface area (Å²) >= 11 is 0. The molecule has 0 heterocycles. The molecule has 0 aromatic rings. The Balaban J connectivity index is 3.45. The van der Waals surface area contributed by atoms with Gasteiger partial charge in [0.15, 0.2) is 6.10 Å². The molecule has 0 aliphatic rings. The van der Waals surface area contributed by atoms with E-state index in [4.69, 9.17) is 9.47 Å². The van der Waals surface area contributed by atoms with Gasteiger partial charge in [-0.1, -0.05) is 233 Å². The number of aliphatic hydroxyl groups excluding tert-OH is 1. The van der Waals surface area contributed by atoms with Crippen molar-refractivity contribution >= 4 is 11.9 Å². The van der Waals surface area contributed by atoms with Gasteiger partial charge in [0.2, 0.25) is 0 Å². The summed E-state index contributed by atoms with van der Waals surface area (Å²) in [6, 6.07) is 0. The first-order valence-electron chi connectivity index (χ1n) is 23.3. The third-order valence-corrected chi connectivity index (χ3v) is 10.8. The Morgan fingerprint density at radius 3 is 0.904 bits per heavy atom. The fraction of sp³-hybridized carbons (Fsp3) is 0.957. The van der Waals surface area contributed by atoms with Crippen molar-refractivity contribution < 1.29 is 24.2 Å². The van der Waals surface area contributed by atoms with Crippen LogP contribution in [0.2, 0.25) is 0 Å². The maximum Gasteiger partial charge on any atom is 0.306 e. The van der Waals surface area contributed by atoms with Gasteiger partial charge in [-0.2, -0.15) is 0 Å². The lowest BCUT2D eigenvalue weighted by atomic mass is 10.0. The molecule has 0 saturated heterocycles. The summed E-state index contributed by atoms with van der Waals surface area (Å²) in [5.41, 5.74) is 0. The minimum Gasteiger partial charge on any atom is -0.462 e. The van der Waals surface area contributed by atoms with E-state index in [-0.39, 0.29) is 25.2 Å². The Labute approximate surface area is 325 Å². The molecule has 1 atom stereocenters. The lowest BCUT2D eigenvalue weighted by Gasteiger charge is -2.15. The van der Waals surface area contributed by atoms with E-state index in [2.05, 4.69) is 27.7 Å². The van der Waals surface area contributed by atoms with E-state index in [0.717, 1.165) is 43.9 Å². The third-order valence-electron chi connectivity index (χ3n) is 10.8. The topological polar surface area (TPSA) is 72.8 Å². The van der Waals surface area contributed by atoms with Crippen molar-refractivity contribution in [3.8, 4) is 0 Å². The lowest BCUT2D eigenvalue weighted by molar-refractivity contribution is -0.161. The number of carbonyl (C=O) groups is 2. The highest BCUT2D eigenvalue weighted by atomic mass is 16.6. The van der Waals surface area contributed by atoms with Crippen molar-refractivity contribution in [1.29, 1.82) is 0 Å². The molecule has 0 amide bonds. The molecule has 5 heteroatoms. The van der Waals surface area contributed by atoms with Crippen LogP contribution in [0.25, 0.3) is 0 Å². The largest absolute Gasteiger partial charge is 0.462 e. The monoisotopic (exact) mass is 737 g/mol. The highest BCUT2D eigenvalue weighted by molar-refractivity contribution is 5.70. The summed E-state index contributed by atoms with van der Waals surface area (Å²) in [5.74, 6) is 1.15. The average molecular weight is 737 g/mol. The third kappa shape index (κ3) is 41.7. The molecule has 0 rings (SSSR count). The molecule has 52 heavy (non-hydrogen) atoms. The first-order valence-corrected chi connectivity index (χ1v) is 23.3. The standard InChI is InChI=1S/C47H92O5/c1-43(2)37-33-29-25-21-17-13-9-5-7-11-15-19-23-27-31-35-39-46(49)51-42-45(41-48)52-47(50)40-36-32-28-24-20-16-12-8-6-10-14-18-22-26-30-34-38-44(3)4/h43-45,48H,5-42H2,1-4H3/t45-/m0/s1. The summed E-state index contributed by atoms with van der Waals surface area (Å²) in [5, 5.41) is 9.60. The molecule has 310 valence electrons.